The number of hydrogen-bond donors (Lipinski definition) is 1. The molecule has 6 heteroatoms. The Balaban J connectivity index is -0.000000245. The van der Waals surface area contributed by atoms with Crippen LogP contribution in [-0.4, -0.2) is 94.0 Å². The summed E-state index contributed by atoms with van der Waals surface area (Å²) in [6.07, 6.45) is 0. The Bertz CT molecular complexity index is 117. The van der Waals surface area contributed by atoms with Crippen LogP contribution in [0, 0.1) is 0 Å². The van der Waals surface area contributed by atoms with Crippen LogP contribution in [0.4, 0.5) is 0 Å². The first-order valence-corrected chi connectivity index (χ1v) is 2.08. The fourth-order valence-electron chi connectivity index (χ4n) is 0.202. The molecule has 0 aromatic rings. The van der Waals surface area contributed by atoms with Crippen LogP contribution >= 0.6 is 0 Å². The minimum atomic E-state index is -0.697. The van der Waals surface area contributed by atoms with Gasteiger partial charge in [-0.15, -0.1) is 0 Å². The molecule has 0 spiro atoms. The van der Waals surface area contributed by atoms with Crippen molar-refractivity contribution in [3.05, 3.63) is 0 Å². The van der Waals surface area contributed by atoms with E-state index in [1.165, 1.54) is 0 Å². The Kier molecular flexibility index (Phi) is 18.7. The first-order chi connectivity index (χ1) is 3.66. The van der Waals surface area contributed by atoms with Gasteiger partial charge in [-0.2, -0.15) is 0 Å². The molecule has 4 nitrogen and oxygen atoms in total. The fourth-order valence-corrected chi connectivity index (χ4v) is 0.202. The molecule has 0 bridgehead atoms. The maximum absolute atomic E-state index is 10.1. The van der Waals surface area contributed by atoms with Crippen LogP contribution in [0.1, 0.15) is 6.92 Å². The van der Waals surface area contributed by atoms with Crippen LogP contribution in [0.2, 0.25) is 0 Å². The number of hydrogen-bond acceptors (Lipinski definition) is 4. The van der Waals surface area contributed by atoms with Crippen LogP contribution in [0.3, 0.4) is 0 Å². The molecule has 0 aromatic carbocycles. The predicted molar refractivity (Wildman–Crippen MR) is 42.9 cm³/mol. The van der Waals surface area contributed by atoms with Crippen LogP contribution in [0.25, 0.3) is 0 Å². The Morgan fingerprint density at radius 2 is 1.80 bits per heavy atom. The maximum atomic E-state index is 10.1. The molecule has 0 saturated carbocycles. The van der Waals surface area contributed by atoms with Gasteiger partial charge in [-0.05, 0) is 0 Å². The molecule has 0 aliphatic heterocycles. The number of carbonyl (C=O) groups excluding carboxylic acids is 2. The normalized spacial score (nSPS) is 6.60. The summed E-state index contributed by atoms with van der Waals surface area (Å²) in [5.41, 5.74) is 4.79. The van der Waals surface area contributed by atoms with Crippen molar-refractivity contribution in [1.82, 2.24) is 0 Å². The molecule has 2 N–H and O–H groups in total. The van der Waals surface area contributed by atoms with Gasteiger partial charge >= 0.3 is 87.4 Å². The number of esters is 2. The summed E-state index contributed by atoms with van der Waals surface area (Å²) >= 11 is 0. The van der Waals surface area contributed by atoms with E-state index in [2.05, 4.69) is 4.74 Å². The first kappa shape index (κ1) is 17.6. The molecule has 0 amide bonds. The Morgan fingerprint density at radius 1 is 1.40 bits per heavy atom. The third kappa shape index (κ3) is 12.3. The molecule has 0 fully saturated rings. The molecule has 10 heavy (non-hydrogen) atoms. The van der Waals surface area contributed by atoms with Crippen LogP contribution in [-0.2, 0) is 14.3 Å². The van der Waals surface area contributed by atoms with Crippen LogP contribution < -0.4 is 5.73 Å². The number of ether oxygens (including phenoxy) is 1. The van der Waals surface area contributed by atoms with Gasteiger partial charge in [0, 0.05) is 6.92 Å². The Hall–Kier alpha value is 1.62. The molecule has 0 radical (unpaired) electrons. The molecular weight excluding hydrogens is 190 g/mol. The van der Waals surface area contributed by atoms with Gasteiger partial charge in [-0.25, -0.2) is 0 Å². The monoisotopic (exact) mass is 201 g/mol. The van der Waals surface area contributed by atoms with E-state index in [9.17, 15) is 9.59 Å². The summed E-state index contributed by atoms with van der Waals surface area (Å²) in [5, 5.41) is 0. The van der Waals surface area contributed by atoms with E-state index >= 15 is 0 Å². The SMILES string of the molecule is CC(=O)OC(=O)CN.[CaH2].[CaH2]. The van der Waals surface area contributed by atoms with Crippen molar-refractivity contribution in [3.8, 4) is 0 Å². The van der Waals surface area contributed by atoms with Gasteiger partial charge in [-0.1, -0.05) is 0 Å². The van der Waals surface area contributed by atoms with Crippen LogP contribution in [0.5, 0.6) is 0 Å². The molecule has 0 heterocycles. The topological polar surface area (TPSA) is 69.4 Å². The second-order valence-electron chi connectivity index (χ2n) is 1.17. The van der Waals surface area contributed by atoms with Crippen molar-refractivity contribution in [2.75, 3.05) is 6.54 Å². The van der Waals surface area contributed by atoms with Crippen molar-refractivity contribution in [3.63, 3.8) is 0 Å². The molecule has 0 rings (SSSR count). The molecule has 0 saturated heterocycles. The summed E-state index contributed by atoms with van der Waals surface area (Å²) in [6, 6.07) is 0. The zero-order valence-corrected chi connectivity index (χ0v) is 4.51. The number of rotatable bonds is 1. The zero-order valence-electron chi connectivity index (χ0n) is 4.51. The molecule has 0 aliphatic rings. The number of nitrogens with two attached hydrogens (primary N) is 1. The molecule has 0 atom stereocenters. The van der Waals surface area contributed by atoms with E-state index in [-0.39, 0.29) is 82.0 Å². The third-order valence-corrected chi connectivity index (χ3v) is 0.424. The van der Waals surface area contributed by atoms with E-state index in [1.54, 1.807) is 0 Å². The van der Waals surface area contributed by atoms with Crippen molar-refractivity contribution in [1.29, 1.82) is 0 Å². The quantitative estimate of drug-likeness (QED) is 0.283. The van der Waals surface area contributed by atoms with E-state index in [0.29, 0.717) is 0 Å². The van der Waals surface area contributed by atoms with Crippen molar-refractivity contribution in [2.24, 2.45) is 5.73 Å². The molecule has 0 aliphatic carbocycles. The summed E-state index contributed by atoms with van der Waals surface area (Å²) in [5.74, 6) is -1.32. The predicted octanol–water partition coefficient (Wildman–Crippen LogP) is -2.80. The Labute approximate surface area is 119 Å². The third-order valence-electron chi connectivity index (χ3n) is 0.424. The van der Waals surface area contributed by atoms with Gasteiger partial charge in [0.2, 0.25) is 0 Å². The summed E-state index contributed by atoms with van der Waals surface area (Å²) < 4.78 is 4.00. The summed E-state index contributed by atoms with van der Waals surface area (Å²) in [4.78, 5) is 20.0. The van der Waals surface area contributed by atoms with Crippen molar-refractivity contribution >= 4 is 87.4 Å². The fraction of sp³-hybridized carbons (Fsp3) is 0.500. The van der Waals surface area contributed by atoms with Gasteiger partial charge in [0.05, 0.1) is 6.54 Å². The van der Waals surface area contributed by atoms with Gasteiger partial charge in [0.25, 0.3) is 0 Å². The van der Waals surface area contributed by atoms with Crippen molar-refractivity contribution in [2.45, 2.75) is 6.92 Å². The minimum absolute atomic E-state index is 0. The molecule has 54 valence electrons. The summed E-state index contributed by atoms with van der Waals surface area (Å²) in [7, 11) is 0. The molecule has 0 unspecified atom stereocenters. The van der Waals surface area contributed by atoms with E-state index in [4.69, 9.17) is 5.73 Å². The van der Waals surface area contributed by atoms with Gasteiger partial charge < -0.3 is 10.5 Å². The van der Waals surface area contributed by atoms with E-state index in [1.807, 2.05) is 0 Å². The summed E-state index contributed by atoms with van der Waals surface area (Å²) in [6.45, 7) is 0.896. The van der Waals surface area contributed by atoms with E-state index < -0.39 is 11.9 Å². The molecule has 0 aromatic heterocycles. The van der Waals surface area contributed by atoms with Gasteiger partial charge in [0.15, 0.2) is 0 Å². The van der Waals surface area contributed by atoms with E-state index in [0.717, 1.165) is 6.92 Å². The Morgan fingerprint density at radius 3 is 1.90 bits per heavy atom. The number of carbonyl (C=O) groups is 2. The second-order valence-corrected chi connectivity index (χ2v) is 1.17. The first-order valence-electron chi connectivity index (χ1n) is 2.08. The standard InChI is InChI=1S/C4H7NO3.2Ca.4H/c1-3(6)8-4(7)2-5;;;;;;/h2,5H2,1H3;;;;;;. The second kappa shape index (κ2) is 10.6. The zero-order chi connectivity index (χ0) is 6.57. The molecular formula is C4H11Ca2NO3. The van der Waals surface area contributed by atoms with Crippen LogP contribution in [0.15, 0.2) is 0 Å². The average Bonchev–Trinajstić information content (AvgIpc) is 1.65. The van der Waals surface area contributed by atoms with Crippen molar-refractivity contribution < 1.29 is 14.3 Å². The van der Waals surface area contributed by atoms with Gasteiger partial charge in [0.1, 0.15) is 0 Å². The van der Waals surface area contributed by atoms with Gasteiger partial charge in [-0.3, -0.25) is 9.59 Å². The average molecular weight is 201 g/mol.